The average molecular weight is 257 g/mol. The molecule has 3 rings (SSSR count). The highest BCUT2D eigenvalue weighted by Gasteiger charge is 2.22. The molecule has 94 valence electrons. The van der Waals surface area contributed by atoms with Gasteiger partial charge in [-0.3, -0.25) is 0 Å². The second kappa shape index (κ2) is 5.25. The molecule has 0 amide bonds. The van der Waals surface area contributed by atoms with Crippen molar-refractivity contribution in [3.63, 3.8) is 0 Å². The van der Waals surface area contributed by atoms with Gasteiger partial charge in [0.05, 0.1) is 0 Å². The van der Waals surface area contributed by atoms with Crippen LogP contribution in [0.4, 0.5) is 0 Å². The molecule has 2 heteroatoms. The minimum Gasteiger partial charge on any atom is -0.303 e. The lowest BCUT2D eigenvalue weighted by atomic mass is 9.93. The molecule has 0 aliphatic heterocycles. The van der Waals surface area contributed by atoms with Gasteiger partial charge >= 0.3 is 0 Å². The smallest absolute Gasteiger partial charge is 0.0336 e. The van der Waals surface area contributed by atoms with Crippen LogP contribution in [0.15, 0.2) is 41.8 Å². The second-order valence-electron chi connectivity index (χ2n) is 5.04. The number of aryl methyl sites for hydroxylation is 1. The predicted molar refractivity (Wildman–Crippen MR) is 78.0 cm³/mol. The number of fused-ring (bicyclic) bond motifs is 1. The Morgan fingerprint density at radius 1 is 1.22 bits per heavy atom. The van der Waals surface area contributed by atoms with Gasteiger partial charge in [0.1, 0.15) is 0 Å². The lowest BCUT2D eigenvalue weighted by molar-refractivity contribution is 0.418. The van der Waals surface area contributed by atoms with Crippen LogP contribution in [0.5, 0.6) is 0 Å². The molecule has 1 aromatic heterocycles. The molecule has 0 fully saturated rings. The first-order chi connectivity index (χ1) is 8.84. The Kier molecular flexibility index (Phi) is 3.48. The van der Waals surface area contributed by atoms with Crippen molar-refractivity contribution in [1.82, 2.24) is 5.32 Å². The van der Waals surface area contributed by atoms with Crippen LogP contribution in [0.1, 0.15) is 47.9 Å². The third-order valence-corrected chi connectivity index (χ3v) is 4.80. The zero-order valence-electron chi connectivity index (χ0n) is 10.7. The van der Waals surface area contributed by atoms with Crippen LogP contribution in [-0.2, 0) is 6.42 Å². The minimum absolute atomic E-state index is 0.419. The van der Waals surface area contributed by atoms with Crippen LogP contribution in [0, 0.1) is 0 Å². The largest absolute Gasteiger partial charge is 0.303 e. The van der Waals surface area contributed by atoms with E-state index in [1.165, 1.54) is 30.4 Å². The summed E-state index contributed by atoms with van der Waals surface area (Å²) in [5, 5.41) is 6.02. The summed E-state index contributed by atoms with van der Waals surface area (Å²) in [5.74, 6) is 0. The zero-order valence-corrected chi connectivity index (χ0v) is 11.5. The van der Waals surface area contributed by atoms with Gasteiger partial charge in [0, 0.05) is 17.0 Å². The van der Waals surface area contributed by atoms with Gasteiger partial charge in [-0.2, -0.15) is 0 Å². The van der Waals surface area contributed by atoms with Crippen molar-refractivity contribution < 1.29 is 0 Å². The van der Waals surface area contributed by atoms with Crippen LogP contribution in [0.2, 0.25) is 0 Å². The SMILES string of the molecule is C[C@@H](NC1CCCc2sccc21)c1ccccc1. The first-order valence-electron chi connectivity index (χ1n) is 6.72. The molecular weight excluding hydrogens is 238 g/mol. The number of thiophene rings is 1. The number of benzene rings is 1. The highest BCUT2D eigenvalue weighted by atomic mass is 32.1. The van der Waals surface area contributed by atoms with Crippen molar-refractivity contribution >= 4 is 11.3 Å². The molecule has 1 unspecified atom stereocenters. The van der Waals surface area contributed by atoms with Gasteiger partial charge in [0.15, 0.2) is 0 Å². The molecule has 18 heavy (non-hydrogen) atoms. The van der Waals surface area contributed by atoms with E-state index in [0.29, 0.717) is 12.1 Å². The van der Waals surface area contributed by atoms with Gasteiger partial charge in [-0.15, -0.1) is 11.3 Å². The molecule has 1 nitrogen and oxygen atoms in total. The van der Waals surface area contributed by atoms with Gasteiger partial charge in [0.2, 0.25) is 0 Å². The fourth-order valence-corrected chi connectivity index (χ4v) is 3.79. The van der Waals surface area contributed by atoms with Crippen molar-refractivity contribution in [3.05, 3.63) is 57.8 Å². The van der Waals surface area contributed by atoms with Crippen LogP contribution in [-0.4, -0.2) is 0 Å². The minimum atomic E-state index is 0.419. The van der Waals surface area contributed by atoms with Gasteiger partial charge in [-0.25, -0.2) is 0 Å². The fourth-order valence-electron chi connectivity index (χ4n) is 2.80. The fraction of sp³-hybridized carbons (Fsp3) is 0.375. The normalized spacial score (nSPS) is 20.4. The molecule has 1 N–H and O–H groups in total. The van der Waals surface area contributed by atoms with Gasteiger partial charge in [-0.05, 0) is 48.8 Å². The Morgan fingerprint density at radius 2 is 2.06 bits per heavy atom. The van der Waals surface area contributed by atoms with E-state index in [9.17, 15) is 0 Å². The molecule has 0 bridgehead atoms. The molecule has 0 saturated carbocycles. The number of hydrogen-bond donors (Lipinski definition) is 1. The molecule has 0 spiro atoms. The summed E-state index contributed by atoms with van der Waals surface area (Å²) in [4.78, 5) is 1.58. The highest BCUT2D eigenvalue weighted by Crippen LogP contribution is 2.34. The summed E-state index contributed by atoms with van der Waals surface area (Å²) in [5.41, 5.74) is 2.91. The van der Waals surface area contributed by atoms with E-state index in [-0.39, 0.29) is 0 Å². The van der Waals surface area contributed by atoms with Crippen LogP contribution >= 0.6 is 11.3 Å². The van der Waals surface area contributed by atoms with Crippen molar-refractivity contribution in [2.75, 3.05) is 0 Å². The molecule has 0 saturated heterocycles. The molecule has 2 atom stereocenters. The lowest BCUT2D eigenvalue weighted by Crippen LogP contribution is -2.27. The van der Waals surface area contributed by atoms with E-state index < -0.39 is 0 Å². The Bertz CT molecular complexity index is 503. The summed E-state index contributed by atoms with van der Waals surface area (Å²) in [6, 6.07) is 14.0. The van der Waals surface area contributed by atoms with Crippen LogP contribution < -0.4 is 5.32 Å². The van der Waals surface area contributed by atoms with Crippen molar-refractivity contribution in [3.8, 4) is 0 Å². The summed E-state index contributed by atoms with van der Waals surface area (Å²) >= 11 is 1.91. The summed E-state index contributed by atoms with van der Waals surface area (Å²) in [7, 11) is 0. The number of nitrogens with one attached hydrogen (secondary N) is 1. The average Bonchev–Trinajstić information content (AvgIpc) is 2.89. The van der Waals surface area contributed by atoms with Crippen molar-refractivity contribution in [1.29, 1.82) is 0 Å². The summed E-state index contributed by atoms with van der Waals surface area (Å²) in [6.45, 7) is 2.26. The maximum absolute atomic E-state index is 3.78. The third-order valence-electron chi connectivity index (χ3n) is 3.80. The monoisotopic (exact) mass is 257 g/mol. The van der Waals surface area contributed by atoms with E-state index in [0.717, 1.165) is 0 Å². The Morgan fingerprint density at radius 3 is 2.89 bits per heavy atom. The van der Waals surface area contributed by atoms with Crippen LogP contribution in [0.25, 0.3) is 0 Å². The molecule has 1 aromatic carbocycles. The van der Waals surface area contributed by atoms with Crippen LogP contribution in [0.3, 0.4) is 0 Å². The lowest BCUT2D eigenvalue weighted by Gasteiger charge is -2.27. The Balaban J connectivity index is 1.75. The van der Waals surface area contributed by atoms with Crippen molar-refractivity contribution in [2.24, 2.45) is 0 Å². The topological polar surface area (TPSA) is 12.0 Å². The molecule has 2 aromatic rings. The van der Waals surface area contributed by atoms with Gasteiger partial charge in [-0.1, -0.05) is 30.3 Å². The van der Waals surface area contributed by atoms with E-state index in [4.69, 9.17) is 0 Å². The third kappa shape index (κ3) is 2.36. The zero-order chi connectivity index (χ0) is 12.4. The summed E-state index contributed by atoms with van der Waals surface area (Å²) < 4.78 is 0. The molecule has 0 radical (unpaired) electrons. The van der Waals surface area contributed by atoms with Crippen molar-refractivity contribution in [2.45, 2.75) is 38.3 Å². The number of hydrogen-bond acceptors (Lipinski definition) is 2. The van der Waals surface area contributed by atoms with Gasteiger partial charge < -0.3 is 5.32 Å². The van der Waals surface area contributed by atoms with E-state index in [2.05, 4.69) is 54.0 Å². The first-order valence-corrected chi connectivity index (χ1v) is 7.60. The standard InChI is InChI=1S/C16H19NS/c1-12(13-6-3-2-4-7-13)17-15-8-5-9-16-14(15)10-11-18-16/h2-4,6-7,10-12,15,17H,5,8-9H2,1H3/t12-,15?/m1/s1. The van der Waals surface area contributed by atoms with E-state index >= 15 is 0 Å². The van der Waals surface area contributed by atoms with E-state index in [1.54, 1.807) is 4.88 Å². The summed E-state index contributed by atoms with van der Waals surface area (Å²) in [6.07, 6.45) is 3.85. The quantitative estimate of drug-likeness (QED) is 0.855. The molecule has 1 heterocycles. The predicted octanol–water partition coefficient (Wildman–Crippen LogP) is 4.48. The maximum Gasteiger partial charge on any atom is 0.0336 e. The van der Waals surface area contributed by atoms with Gasteiger partial charge in [0.25, 0.3) is 0 Å². The molecular formula is C16H19NS. The maximum atomic E-state index is 3.78. The molecule has 1 aliphatic carbocycles. The highest BCUT2D eigenvalue weighted by molar-refractivity contribution is 7.10. The second-order valence-corrected chi connectivity index (χ2v) is 6.04. The Labute approximate surface area is 113 Å². The first kappa shape index (κ1) is 11.9. The number of rotatable bonds is 3. The van der Waals surface area contributed by atoms with E-state index in [1.807, 2.05) is 11.3 Å². The Hall–Kier alpha value is -1.12. The molecule has 1 aliphatic rings.